The van der Waals surface area contributed by atoms with Crippen LogP contribution in [0.5, 0.6) is 0 Å². The first kappa shape index (κ1) is 8.67. The minimum absolute atomic E-state index is 0.540. The highest BCUT2D eigenvalue weighted by molar-refractivity contribution is 5.30. The van der Waals surface area contributed by atoms with Gasteiger partial charge in [-0.15, -0.1) is 5.10 Å². The molecule has 2 rings (SSSR count). The molecule has 14 heavy (non-hydrogen) atoms. The predicted octanol–water partition coefficient (Wildman–Crippen LogP) is -0.480. The maximum Gasteiger partial charge on any atom is 0.172 e. The van der Waals surface area contributed by atoms with Gasteiger partial charge in [-0.05, 0) is 17.4 Å². The maximum absolute atomic E-state index is 5.54. The molecule has 7 heteroatoms. The summed E-state index contributed by atoms with van der Waals surface area (Å²) in [6.45, 7) is 3.27. The van der Waals surface area contributed by atoms with Crippen molar-refractivity contribution < 1.29 is 0 Å². The van der Waals surface area contributed by atoms with E-state index in [1.807, 2.05) is 6.92 Å². The van der Waals surface area contributed by atoms with E-state index in [0.717, 1.165) is 12.4 Å². The number of aromatic nitrogens is 6. The lowest BCUT2D eigenvalue weighted by Gasteiger charge is -2.00. The normalized spacial score (nSPS) is 10.6. The van der Waals surface area contributed by atoms with Gasteiger partial charge in [0.15, 0.2) is 5.82 Å². The van der Waals surface area contributed by atoms with E-state index in [1.54, 1.807) is 21.8 Å². The number of anilines is 1. The Balaban J connectivity index is 2.18. The molecular formula is C7H11N7. The van der Waals surface area contributed by atoms with Gasteiger partial charge in [-0.3, -0.25) is 4.68 Å². The summed E-state index contributed by atoms with van der Waals surface area (Å²) >= 11 is 0. The van der Waals surface area contributed by atoms with E-state index in [-0.39, 0.29) is 0 Å². The smallest absolute Gasteiger partial charge is 0.172 e. The summed E-state index contributed by atoms with van der Waals surface area (Å²) in [6, 6.07) is 0. The van der Waals surface area contributed by atoms with Gasteiger partial charge in [0.05, 0.1) is 11.9 Å². The number of nitrogens with two attached hydrogens (primary N) is 1. The molecule has 0 aliphatic heterocycles. The summed E-state index contributed by atoms with van der Waals surface area (Å²) in [5, 5.41) is 15.3. The zero-order chi connectivity index (χ0) is 9.97. The van der Waals surface area contributed by atoms with E-state index in [2.05, 4.69) is 20.6 Å². The number of rotatable bonds is 3. The van der Waals surface area contributed by atoms with Gasteiger partial charge >= 0.3 is 0 Å². The fourth-order valence-corrected chi connectivity index (χ4v) is 1.19. The first-order valence-electron chi connectivity index (χ1n) is 4.32. The van der Waals surface area contributed by atoms with Gasteiger partial charge in [-0.1, -0.05) is 0 Å². The monoisotopic (exact) mass is 193 g/mol. The van der Waals surface area contributed by atoms with Crippen LogP contribution in [0.1, 0.15) is 12.7 Å². The molecule has 0 aliphatic carbocycles. The molecule has 7 nitrogen and oxygen atoms in total. The molecule has 74 valence electrons. The highest BCUT2D eigenvalue weighted by atomic mass is 15.5. The van der Waals surface area contributed by atoms with Gasteiger partial charge in [-0.2, -0.15) is 5.10 Å². The van der Waals surface area contributed by atoms with Crippen LogP contribution < -0.4 is 5.73 Å². The fourth-order valence-electron chi connectivity index (χ4n) is 1.19. The summed E-state index contributed by atoms with van der Waals surface area (Å²) in [4.78, 5) is 0. The van der Waals surface area contributed by atoms with E-state index >= 15 is 0 Å². The average Bonchev–Trinajstić information content (AvgIpc) is 2.76. The molecule has 0 amide bonds. The van der Waals surface area contributed by atoms with Crippen LogP contribution in [0.15, 0.2) is 12.4 Å². The quantitative estimate of drug-likeness (QED) is 0.711. The number of aryl methyl sites for hydroxylation is 1. The minimum Gasteiger partial charge on any atom is -0.396 e. The topological polar surface area (TPSA) is 87.4 Å². The van der Waals surface area contributed by atoms with E-state index in [4.69, 9.17) is 5.73 Å². The van der Waals surface area contributed by atoms with Crippen molar-refractivity contribution in [2.75, 3.05) is 5.73 Å². The van der Waals surface area contributed by atoms with Gasteiger partial charge in [0, 0.05) is 12.7 Å². The molecule has 0 bridgehead atoms. The fraction of sp³-hybridized carbons (Fsp3) is 0.429. The highest BCUT2D eigenvalue weighted by Gasteiger charge is 2.05. The molecule has 0 radical (unpaired) electrons. The lowest BCUT2D eigenvalue weighted by atomic mass is 10.5. The summed E-state index contributed by atoms with van der Waals surface area (Å²) in [5.41, 5.74) is 6.18. The highest BCUT2D eigenvalue weighted by Crippen LogP contribution is 2.01. The molecule has 2 heterocycles. The number of nitrogens with zero attached hydrogens (tertiary/aromatic N) is 6. The second-order valence-electron chi connectivity index (χ2n) is 2.88. The molecule has 0 aromatic carbocycles. The first-order valence-corrected chi connectivity index (χ1v) is 4.32. The van der Waals surface area contributed by atoms with E-state index in [0.29, 0.717) is 12.2 Å². The number of nitrogen functional groups attached to an aromatic ring is 1. The largest absolute Gasteiger partial charge is 0.396 e. The van der Waals surface area contributed by atoms with Crippen LogP contribution in [0.3, 0.4) is 0 Å². The predicted molar refractivity (Wildman–Crippen MR) is 49.2 cm³/mol. The molecule has 0 saturated carbocycles. The lowest BCUT2D eigenvalue weighted by molar-refractivity contribution is 0.561. The van der Waals surface area contributed by atoms with Crippen molar-refractivity contribution in [3.05, 3.63) is 18.2 Å². The van der Waals surface area contributed by atoms with Crippen LogP contribution in [-0.2, 0) is 13.1 Å². The van der Waals surface area contributed by atoms with E-state index in [9.17, 15) is 0 Å². The third-order valence-corrected chi connectivity index (χ3v) is 1.86. The molecular weight excluding hydrogens is 182 g/mol. The SMILES string of the molecule is CCn1nnnc1Cn1cc(N)cn1. The Morgan fingerprint density at radius 1 is 1.50 bits per heavy atom. The summed E-state index contributed by atoms with van der Waals surface area (Å²) in [6.07, 6.45) is 3.34. The summed E-state index contributed by atoms with van der Waals surface area (Å²) in [7, 11) is 0. The maximum atomic E-state index is 5.54. The van der Waals surface area contributed by atoms with Gasteiger partial charge in [-0.25, -0.2) is 4.68 Å². The van der Waals surface area contributed by atoms with Crippen molar-refractivity contribution >= 4 is 5.69 Å². The molecule has 0 spiro atoms. The van der Waals surface area contributed by atoms with Gasteiger partial charge in [0.25, 0.3) is 0 Å². The van der Waals surface area contributed by atoms with Crippen molar-refractivity contribution in [3.8, 4) is 0 Å². The Morgan fingerprint density at radius 3 is 3.00 bits per heavy atom. The minimum atomic E-state index is 0.540. The van der Waals surface area contributed by atoms with Gasteiger partial charge < -0.3 is 5.73 Å². The molecule has 2 aromatic rings. The molecule has 2 aromatic heterocycles. The molecule has 0 atom stereocenters. The zero-order valence-electron chi connectivity index (χ0n) is 7.83. The molecule has 0 aliphatic rings. The average molecular weight is 193 g/mol. The standard InChI is InChI=1S/C7H11N7/c1-2-14-7(10-11-12-14)5-13-4-6(8)3-9-13/h3-4H,2,5,8H2,1H3. The Morgan fingerprint density at radius 2 is 2.36 bits per heavy atom. The first-order chi connectivity index (χ1) is 6.79. The van der Waals surface area contributed by atoms with Crippen LogP contribution in [0.2, 0.25) is 0 Å². The van der Waals surface area contributed by atoms with Crippen molar-refractivity contribution in [3.63, 3.8) is 0 Å². The molecule has 2 N–H and O–H groups in total. The Bertz CT molecular complexity index is 415. The Kier molecular flexibility index (Phi) is 2.13. The zero-order valence-corrected chi connectivity index (χ0v) is 7.83. The second-order valence-corrected chi connectivity index (χ2v) is 2.88. The molecule has 0 unspecified atom stereocenters. The molecule has 0 saturated heterocycles. The van der Waals surface area contributed by atoms with Crippen molar-refractivity contribution in [2.45, 2.75) is 20.0 Å². The van der Waals surface area contributed by atoms with E-state index in [1.165, 1.54) is 0 Å². The lowest BCUT2D eigenvalue weighted by Crippen LogP contribution is -2.09. The third kappa shape index (κ3) is 1.56. The Labute approximate surface area is 80.5 Å². The van der Waals surface area contributed by atoms with E-state index < -0.39 is 0 Å². The molecule has 0 fully saturated rings. The van der Waals surface area contributed by atoms with Crippen LogP contribution >= 0.6 is 0 Å². The summed E-state index contributed by atoms with van der Waals surface area (Å²) < 4.78 is 3.42. The van der Waals surface area contributed by atoms with Crippen LogP contribution in [0.25, 0.3) is 0 Å². The van der Waals surface area contributed by atoms with Gasteiger partial charge in [0.1, 0.15) is 6.54 Å². The van der Waals surface area contributed by atoms with Crippen LogP contribution in [-0.4, -0.2) is 30.0 Å². The van der Waals surface area contributed by atoms with Crippen molar-refractivity contribution in [2.24, 2.45) is 0 Å². The van der Waals surface area contributed by atoms with Gasteiger partial charge in [0.2, 0.25) is 0 Å². The van der Waals surface area contributed by atoms with Crippen molar-refractivity contribution in [1.82, 2.24) is 30.0 Å². The Hall–Kier alpha value is -1.92. The number of hydrogen-bond donors (Lipinski definition) is 1. The number of tetrazole rings is 1. The second kappa shape index (κ2) is 3.44. The third-order valence-electron chi connectivity index (χ3n) is 1.86. The van der Waals surface area contributed by atoms with Crippen LogP contribution in [0, 0.1) is 0 Å². The summed E-state index contributed by atoms with van der Waals surface area (Å²) in [5.74, 6) is 0.774. The number of hydrogen-bond acceptors (Lipinski definition) is 5. The van der Waals surface area contributed by atoms with Crippen LogP contribution in [0.4, 0.5) is 5.69 Å². The van der Waals surface area contributed by atoms with Crippen molar-refractivity contribution in [1.29, 1.82) is 0 Å².